The van der Waals surface area contributed by atoms with Crippen molar-refractivity contribution in [1.29, 1.82) is 0 Å². The van der Waals surface area contributed by atoms with Crippen LogP contribution in [0, 0.1) is 0 Å². The number of pyridine rings is 1. The molecule has 10 heteroatoms. The first-order valence-electron chi connectivity index (χ1n) is 11.5. The first-order valence-corrected chi connectivity index (χ1v) is 11.5. The summed E-state index contributed by atoms with van der Waals surface area (Å²) in [4.78, 5) is 18.4. The lowest BCUT2D eigenvalue weighted by molar-refractivity contribution is -0.00107. The number of carbonyl (C=O) groups is 1. The monoisotopic (exact) mass is 460 g/mol. The highest BCUT2D eigenvalue weighted by atomic mass is 19.1. The van der Waals surface area contributed by atoms with E-state index in [-0.39, 0.29) is 19.4 Å². The molecule has 2 aromatic rings. The maximum atomic E-state index is 15.9. The zero-order valence-electron chi connectivity index (χ0n) is 20.6. The summed E-state index contributed by atoms with van der Waals surface area (Å²) in [7, 11) is -0.660. The van der Waals surface area contributed by atoms with Gasteiger partial charge in [-0.3, -0.25) is 0 Å². The second kappa shape index (κ2) is 7.94. The number of piperidine rings is 1. The lowest BCUT2D eigenvalue weighted by Crippen LogP contribution is -2.48. The molecule has 0 bridgehead atoms. The third-order valence-electron chi connectivity index (χ3n) is 6.76. The highest BCUT2D eigenvalue weighted by Crippen LogP contribution is 2.37. The standard InChI is InChI=1S/C23H34BFN4O4/c1-20(2,3)31-19(30)28-13-10-23(25,11-14-28)15-29-18-16(9-8-12-26-18)17(27-29)24-32-21(4,5)22(6,7)33-24/h8-9,12H,10-11,13-15H2,1-7H3. The number of hydrogen-bond acceptors (Lipinski definition) is 6. The highest BCUT2D eigenvalue weighted by Gasteiger charge is 2.53. The molecule has 0 saturated carbocycles. The third-order valence-corrected chi connectivity index (χ3v) is 6.76. The fourth-order valence-corrected chi connectivity index (χ4v) is 4.12. The van der Waals surface area contributed by atoms with Gasteiger partial charge < -0.3 is 18.9 Å². The van der Waals surface area contributed by atoms with Gasteiger partial charge in [-0.2, -0.15) is 5.10 Å². The molecule has 1 amide bonds. The maximum Gasteiger partial charge on any atom is 0.517 e. The second-order valence-corrected chi connectivity index (χ2v) is 11.1. The Morgan fingerprint density at radius 3 is 2.36 bits per heavy atom. The van der Waals surface area contributed by atoms with Crippen LogP contribution in [0.1, 0.15) is 61.3 Å². The molecular formula is C23H34BFN4O4. The van der Waals surface area contributed by atoms with Crippen LogP contribution in [-0.4, -0.2) is 68.4 Å². The van der Waals surface area contributed by atoms with Crippen molar-refractivity contribution in [3.05, 3.63) is 18.3 Å². The van der Waals surface area contributed by atoms with Gasteiger partial charge in [0.1, 0.15) is 16.9 Å². The predicted molar refractivity (Wildman–Crippen MR) is 124 cm³/mol. The smallest absolute Gasteiger partial charge is 0.444 e. The summed E-state index contributed by atoms with van der Waals surface area (Å²) in [6.45, 7) is 14.0. The van der Waals surface area contributed by atoms with Crippen LogP contribution >= 0.6 is 0 Å². The number of fused-ring (bicyclic) bond motifs is 1. The predicted octanol–water partition coefficient (Wildman–Crippen LogP) is 3.47. The number of halogens is 1. The van der Waals surface area contributed by atoms with Crippen LogP contribution < -0.4 is 5.59 Å². The molecule has 2 aliphatic rings. The van der Waals surface area contributed by atoms with Crippen LogP contribution in [0.3, 0.4) is 0 Å². The van der Waals surface area contributed by atoms with E-state index in [0.29, 0.717) is 24.3 Å². The van der Waals surface area contributed by atoms with E-state index in [1.54, 1.807) is 15.8 Å². The van der Waals surface area contributed by atoms with Crippen LogP contribution in [0.5, 0.6) is 0 Å². The minimum absolute atomic E-state index is 0.0438. The fraction of sp³-hybridized carbons (Fsp3) is 0.696. The number of alkyl halides is 1. The molecule has 0 spiro atoms. The minimum Gasteiger partial charge on any atom is -0.444 e. The Morgan fingerprint density at radius 2 is 1.79 bits per heavy atom. The molecule has 0 N–H and O–H groups in total. The molecule has 0 atom stereocenters. The number of ether oxygens (including phenoxy) is 1. The van der Waals surface area contributed by atoms with Gasteiger partial charge in [-0.25, -0.2) is 18.9 Å². The van der Waals surface area contributed by atoms with Crippen LogP contribution in [0.15, 0.2) is 18.3 Å². The van der Waals surface area contributed by atoms with Crippen molar-refractivity contribution >= 4 is 29.8 Å². The molecule has 0 aromatic carbocycles. The molecule has 0 unspecified atom stereocenters. The maximum absolute atomic E-state index is 15.9. The summed E-state index contributed by atoms with van der Waals surface area (Å²) in [5.41, 5.74) is -1.91. The van der Waals surface area contributed by atoms with Crippen LogP contribution in [0.25, 0.3) is 11.0 Å². The Labute approximate surface area is 194 Å². The summed E-state index contributed by atoms with van der Waals surface area (Å²) in [5.74, 6) is 0. The van der Waals surface area contributed by atoms with Crippen molar-refractivity contribution < 1.29 is 23.2 Å². The molecule has 2 saturated heterocycles. The number of hydrogen-bond donors (Lipinski definition) is 0. The van der Waals surface area contributed by atoms with Gasteiger partial charge in [-0.05, 0) is 60.6 Å². The summed E-state index contributed by atoms with van der Waals surface area (Å²) in [6, 6.07) is 3.73. The molecule has 4 heterocycles. The summed E-state index contributed by atoms with van der Waals surface area (Å²) in [6.07, 6.45) is 1.67. The molecule has 2 aliphatic heterocycles. The SMILES string of the molecule is CC(C)(C)OC(=O)N1CCC(F)(Cn2nc(B3OC(C)(C)C(C)(C)O3)c3cccnc32)CC1. The van der Waals surface area contributed by atoms with Crippen LogP contribution in [-0.2, 0) is 20.6 Å². The van der Waals surface area contributed by atoms with Crippen molar-refractivity contribution in [3.63, 3.8) is 0 Å². The van der Waals surface area contributed by atoms with Gasteiger partial charge in [-0.15, -0.1) is 0 Å². The Balaban J connectivity index is 1.53. The molecule has 180 valence electrons. The van der Waals surface area contributed by atoms with E-state index in [0.717, 1.165) is 5.39 Å². The quantitative estimate of drug-likeness (QED) is 0.653. The molecule has 0 radical (unpaired) electrons. The second-order valence-electron chi connectivity index (χ2n) is 11.1. The lowest BCUT2D eigenvalue weighted by Gasteiger charge is -2.37. The van der Waals surface area contributed by atoms with Gasteiger partial charge in [0, 0.05) is 37.5 Å². The van der Waals surface area contributed by atoms with Crippen molar-refractivity contribution in [3.8, 4) is 0 Å². The molecule has 0 aliphatic carbocycles. The number of nitrogens with zero attached hydrogens (tertiary/aromatic N) is 4. The molecule has 2 fully saturated rings. The first kappa shape index (κ1) is 23.9. The number of likely N-dealkylation sites (tertiary alicyclic amines) is 1. The zero-order chi connectivity index (χ0) is 24.2. The minimum atomic E-state index is -1.51. The average Bonchev–Trinajstić information content (AvgIpc) is 3.14. The van der Waals surface area contributed by atoms with E-state index >= 15 is 4.39 Å². The largest absolute Gasteiger partial charge is 0.517 e. The van der Waals surface area contributed by atoms with E-state index in [1.165, 1.54) is 0 Å². The zero-order valence-corrected chi connectivity index (χ0v) is 20.6. The van der Waals surface area contributed by atoms with Gasteiger partial charge in [0.2, 0.25) is 0 Å². The number of amides is 1. The van der Waals surface area contributed by atoms with Gasteiger partial charge in [0.05, 0.1) is 17.7 Å². The van der Waals surface area contributed by atoms with Crippen LogP contribution in [0.2, 0.25) is 0 Å². The van der Waals surface area contributed by atoms with Gasteiger partial charge in [0.15, 0.2) is 5.65 Å². The molecule has 8 nitrogen and oxygen atoms in total. The number of aromatic nitrogens is 3. The number of carbonyl (C=O) groups excluding carboxylic acids is 1. The Hall–Kier alpha value is -2.20. The van der Waals surface area contributed by atoms with Gasteiger partial charge >= 0.3 is 13.2 Å². The first-order chi connectivity index (χ1) is 15.2. The van der Waals surface area contributed by atoms with Crippen molar-refractivity contribution in [1.82, 2.24) is 19.7 Å². The van der Waals surface area contributed by atoms with Crippen molar-refractivity contribution in [2.24, 2.45) is 0 Å². The summed E-state index contributed by atoms with van der Waals surface area (Å²) >= 11 is 0. The number of rotatable bonds is 3. The fourth-order valence-electron chi connectivity index (χ4n) is 4.12. The van der Waals surface area contributed by atoms with Crippen molar-refractivity contribution in [2.45, 2.75) is 90.3 Å². The normalized spacial score (nSPS) is 22.1. The molecule has 4 rings (SSSR count). The van der Waals surface area contributed by atoms with E-state index in [1.807, 2.05) is 60.6 Å². The topological polar surface area (TPSA) is 78.7 Å². The summed E-state index contributed by atoms with van der Waals surface area (Å²) < 4.78 is 35.3. The van der Waals surface area contributed by atoms with Crippen molar-refractivity contribution in [2.75, 3.05) is 13.1 Å². The Bertz CT molecular complexity index is 1020. The third kappa shape index (κ3) is 4.73. The molecule has 33 heavy (non-hydrogen) atoms. The van der Waals surface area contributed by atoms with E-state index in [2.05, 4.69) is 4.98 Å². The Kier molecular flexibility index (Phi) is 5.76. The average molecular weight is 460 g/mol. The van der Waals surface area contributed by atoms with E-state index < -0.39 is 35.7 Å². The van der Waals surface area contributed by atoms with Gasteiger partial charge in [-0.1, -0.05) is 0 Å². The molecular weight excluding hydrogens is 426 g/mol. The highest BCUT2D eigenvalue weighted by molar-refractivity contribution is 6.64. The lowest BCUT2D eigenvalue weighted by atomic mass is 9.83. The van der Waals surface area contributed by atoms with E-state index in [4.69, 9.17) is 19.1 Å². The van der Waals surface area contributed by atoms with E-state index in [9.17, 15) is 4.79 Å². The Morgan fingerprint density at radius 1 is 1.18 bits per heavy atom. The van der Waals surface area contributed by atoms with Crippen LogP contribution in [0.4, 0.5) is 9.18 Å². The molecule has 2 aromatic heterocycles. The summed E-state index contributed by atoms with van der Waals surface area (Å²) in [5, 5.41) is 5.49. The van der Waals surface area contributed by atoms with Gasteiger partial charge in [0.25, 0.3) is 0 Å².